The average molecular weight is 557 g/mol. The van der Waals surface area contributed by atoms with Gasteiger partial charge in [-0.25, -0.2) is 14.8 Å². The van der Waals surface area contributed by atoms with Crippen molar-refractivity contribution in [2.75, 3.05) is 23.4 Å². The largest absolute Gasteiger partial charge is 0.439 e. The van der Waals surface area contributed by atoms with E-state index in [9.17, 15) is 14.4 Å². The van der Waals surface area contributed by atoms with Crippen LogP contribution in [0.4, 0.5) is 21.9 Å². The maximum absolute atomic E-state index is 13.5. The molecule has 3 aromatic heterocycles. The zero-order valence-corrected chi connectivity index (χ0v) is 22.2. The molecule has 202 valence electrons. The summed E-state index contributed by atoms with van der Waals surface area (Å²) in [5, 5.41) is 9.23. The van der Waals surface area contributed by atoms with Crippen LogP contribution in [0.5, 0.6) is 11.6 Å². The van der Waals surface area contributed by atoms with Gasteiger partial charge >= 0.3 is 6.03 Å². The zero-order chi connectivity index (χ0) is 27.8. The number of anilines is 3. The SMILES string of the molecule is C=CC(=O)N[C@@H]1COC[C@@H]1NC(=O)c1sc2nccc3c2c1NC(=O)N3c1cnc(Oc2ccccc2)cc1C. The number of aryl methyl sites for hydroxylation is 1. The van der Waals surface area contributed by atoms with Gasteiger partial charge in [-0.05, 0) is 36.8 Å². The highest BCUT2D eigenvalue weighted by Gasteiger charge is 2.36. The second-order valence-corrected chi connectivity index (χ2v) is 10.2. The molecule has 1 aromatic carbocycles. The maximum atomic E-state index is 13.5. The molecular weight excluding hydrogens is 532 g/mol. The summed E-state index contributed by atoms with van der Waals surface area (Å²) in [5.74, 6) is 0.308. The van der Waals surface area contributed by atoms with E-state index in [0.29, 0.717) is 43.8 Å². The number of nitrogens with one attached hydrogen (secondary N) is 3. The van der Waals surface area contributed by atoms with Crippen molar-refractivity contribution in [1.29, 1.82) is 0 Å². The second-order valence-electron chi connectivity index (χ2n) is 9.24. The number of hydrogen-bond acceptors (Lipinski definition) is 8. The molecule has 0 aliphatic carbocycles. The average Bonchev–Trinajstić information content (AvgIpc) is 3.55. The number of nitrogens with zero attached hydrogens (tertiary/aromatic N) is 3. The fourth-order valence-electron chi connectivity index (χ4n) is 4.72. The van der Waals surface area contributed by atoms with Crippen LogP contribution >= 0.6 is 11.3 Å². The van der Waals surface area contributed by atoms with Crippen molar-refractivity contribution in [3.05, 3.63) is 78.0 Å². The summed E-state index contributed by atoms with van der Waals surface area (Å²) in [7, 11) is 0. The number of benzene rings is 1. The van der Waals surface area contributed by atoms with Crippen LogP contribution in [0.25, 0.3) is 10.2 Å². The number of hydrogen-bond donors (Lipinski definition) is 3. The topological polar surface area (TPSA) is 135 Å². The van der Waals surface area contributed by atoms with Crippen molar-refractivity contribution in [1.82, 2.24) is 20.6 Å². The van der Waals surface area contributed by atoms with Crippen LogP contribution in [-0.4, -0.2) is 53.1 Å². The molecule has 0 bridgehead atoms. The Morgan fingerprint density at radius 2 is 1.93 bits per heavy atom. The van der Waals surface area contributed by atoms with Gasteiger partial charge in [-0.3, -0.25) is 14.5 Å². The van der Waals surface area contributed by atoms with Crippen LogP contribution in [0.1, 0.15) is 15.2 Å². The number of para-hydroxylation sites is 1. The van der Waals surface area contributed by atoms with Crippen molar-refractivity contribution < 1.29 is 23.9 Å². The molecule has 0 radical (unpaired) electrons. The van der Waals surface area contributed by atoms with E-state index in [0.717, 1.165) is 5.56 Å². The standard InChI is InChI=1S/C28H24N6O5S/c1-3-21(35)31-17-13-38-14-18(17)32-26(36)25-24-23-19(9-10-29-27(23)40-25)34(28(37)33-24)20-12-30-22(11-15(20)2)39-16-7-5-4-6-8-16/h3-12,17-18H,1,13-14H2,2H3,(H,31,35)(H,32,36)(H,33,37)/t17-,18+/m1/s1. The van der Waals surface area contributed by atoms with Crippen LogP contribution in [0.3, 0.4) is 0 Å². The summed E-state index contributed by atoms with van der Waals surface area (Å²) in [6, 6.07) is 11.5. The predicted molar refractivity (Wildman–Crippen MR) is 150 cm³/mol. The first-order valence-electron chi connectivity index (χ1n) is 12.5. The van der Waals surface area contributed by atoms with Gasteiger partial charge in [0.25, 0.3) is 5.91 Å². The highest BCUT2D eigenvalue weighted by molar-refractivity contribution is 7.21. The third kappa shape index (κ3) is 4.63. The van der Waals surface area contributed by atoms with Gasteiger partial charge in [0.15, 0.2) is 0 Å². The fourth-order valence-corrected chi connectivity index (χ4v) is 5.74. The smallest absolute Gasteiger partial charge is 0.331 e. The Hall–Kier alpha value is -4.81. The minimum atomic E-state index is -0.442. The number of rotatable bonds is 7. The van der Waals surface area contributed by atoms with E-state index in [4.69, 9.17) is 9.47 Å². The molecule has 4 amide bonds. The van der Waals surface area contributed by atoms with Gasteiger partial charge < -0.3 is 25.4 Å². The van der Waals surface area contributed by atoms with Gasteiger partial charge in [0.05, 0.1) is 53.9 Å². The number of urea groups is 1. The Morgan fingerprint density at radius 3 is 2.67 bits per heavy atom. The minimum absolute atomic E-state index is 0.244. The van der Waals surface area contributed by atoms with Crippen molar-refractivity contribution in [2.24, 2.45) is 0 Å². The molecule has 40 heavy (non-hydrogen) atoms. The summed E-state index contributed by atoms with van der Waals surface area (Å²) in [5.41, 5.74) is 2.31. The predicted octanol–water partition coefficient (Wildman–Crippen LogP) is 4.28. The minimum Gasteiger partial charge on any atom is -0.439 e. The second kappa shape index (κ2) is 10.4. The molecule has 0 spiro atoms. The van der Waals surface area contributed by atoms with Crippen LogP contribution in [0.15, 0.2) is 67.5 Å². The Kier molecular flexibility index (Phi) is 6.62. The maximum Gasteiger partial charge on any atom is 0.331 e. The molecule has 2 aliphatic heterocycles. The third-order valence-corrected chi connectivity index (χ3v) is 7.72. The fraction of sp³-hybridized carbons (Fsp3) is 0.179. The van der Waals surface area contributed by atoms with Crippen LogP contribution in [-0.2, 0) is 9.53 Å². The van der Waals surface area contributed by atoms with Crippen LogP contribution in [0, 0.1) is 6.92 Å². The lowest BCUT2D eigenvalue weighted by atomic mass is 10.1. The van der Waals surface area contributed by atoms with E-state index in [-0.39, 0.29) is 19.1 Å². The number of aromatic nitrogens is 2. The Labute approximate surface area is 232 Å². The number of amides is 4. The number of thiophene rings is 1. The van der Waals surface area contributed by atoms with Gasteiger partial charge in [-0.1, -0.05) is 24.8 Å². The van der Waals surface area contributed by atoms with Gasteiger partial charge in [-0.15, -0.1) is 11.3 Å². The number of carbonyl (C=O) groups excluding carboxylic acids is 3. The van der Waals surface area contributed by atoms with Crippen molar-refractivity contribution >= 4 is 56.5 Å². The van der Waals surface area contributed by atoms with E-state index in [2.05, 4.69) is 32.5 Å². The van der Waals surface area contributed by atoms with Gasteiger partial charge in [0.1, 0.15) is 15.5 Å². The molecule has 1 fully saturated rings. The molecule has 6 rings (SSSR count). The van der Waals surface area contributed by atoms with E-state index in [1.54, 1.807) is 24.5 Å². The van der Waals surface area contributed by atoms with Crippen LogP contribution < -0.4 is 25.6 Å². The molecule has 1 saturated heterocycles. The molecule has 5 heterocycles. The van der Waals surface area contributed by atoms with E-state index >= 15 is 0 Å². The number of ether oxygens (including phenoxy) is 2. The molecule has 11 nitrogen and oxygen atoms in total. The summed E-state index contributed by atoms with van der Waals surface area (Å²) < 4.78 is 11.3. The summed E-state index contributed by atoms with van der Waals surface area (Å²) in [4.78, 5) is 49.9. The van der Waals surface area contributed by atoms with Crippen LogP contribution in [0.2, 0.25) is 0 Å². The number of carbonyl (C=O) groups is 3. The molecule has 4 aromatic rings. The van der Waals surface area contributed by atoms with Gasteiger partial charge in [-0.2, -0.15) is 0 Å². The molecule has 0 saturated carbocycles. The Morgan fingerprint density at radius 1 is 1.15 bits per heavy atom. The summed E-state index contributed by atoms with van der Waals surface area (Å²) in [6.07, 6.45) is 4.36. The number of pyridine rings is 2. The van der Waals surface area contributed by atoms with Crippen molar-refractivity contribution in [3.8, 4) is 11.6 Å². The Balaban J connectivity index is 1.30. The molecule has 3 N–H and O–H groups in total. The lowest BCUT2D eigenvalue weighted by molar-refractivity contribution is -0.117. The molecule has 2 aliphatic rings. The summed E-state index contributed by atoms with van der Waals surface area (Å²) >= 11 is 1.18. The Bertz CT molecular complexity index is 1660. The van der Waals surface area contributed by atoms with Gasteiger partial charge in [0, 0.05) is 12.3 Å². The molecule has 12 heteroatoms. The van der Waals surface area contributed by atoms with Crippen molar-refractivity contribution in [3.63, 3.8) is 0 Å². The van der Waals surface area contributed by atoms with Crippen molar-refractivity contribution in [2.45, 2.75) is 19.0 Å². The molecule has 2 atom stereocenters. The quantitative estimate of drug-likeness (QED) is 0.289. The monoisotopic (exact) mass is 556 g/mol. The first kappa shape index (κ1) is 25.5. The molecule has 0 unspecified atom stereocenters. The first-order valence-corrected chi connectivity index (χ1v) is 13.3. The summed E-state index contributed by atoms with van der Waals surface area (Å²) in [6.45, 7) is 5.84. The lowest BCUT2D eigenvalue weighted by Gasteiger charge is -2.29. The highest BCUT2D eigenvalue weighted by Crippen LogP contribution is 2.46. The molecular formula is C28H24N6O5S. The van der Waals surface area contributed by atoms with E-state index in [1.165, 1.54) is 22.3 Å². The highest BCUT2D eigenvalue weighted by atomic mass is 32.1. The zero-order valence-electron chi connectivity index (χ0n) is 21.3. The van der Waals surface area contributed by atoms with E-state index < -0.39 is 24.0 Å². The van der Waals surface area contributed by atoms with E-state index in [1.807, 2.05) is 37.3 Å². The first-order chi connectivity index (χ1) is 19.4. The van der Waals surface area contributed by atoms with Gasteiger partial charge in [0.2, 0.25) is 11.8 Å². The normalized spacial score (nSPS) is 17.8. The third-order valence-electron chi connectivity index (χ3n) is 6.63. The lowest BCUT2D eigenvalue weighted by Crippen LogP contribution is -2.50.